The molecular formula is C16H20BrCl2N3O. The number of rotatable bonds is 2. The van der Waals surface area contributed by atoms with Crippen LogP contribution in [0.15, 0.2) is 28.7 Å². The van der Waals surface area contributed by atoms with Gasteiger partial charge in [-0.2, -0.15) is 0 Å². The summed E-state index contributed by atoms with van der Waals surface area (Å²) in [5, 5.41) is 7.33. The SMILES string of the molecule is Cc1cc(C(=O)N[C@H]2CCCNC2)c2cc(Br)ccc2n1.Cl.Cl. The van der Waals surface area contributed by atoms with Gasteiger partial charge in [0.1, 0.15) is 0 Å². The molecule has 1 aliphatic heterocycles. The van der Waals surface area contributed by atoms with Gasteiger partial charge < -0.3 is 10.6 Å². The van der Waals surface area contributed by atoms with Crippen LogP contribution >= 0.6 is 40.7 Å². The van der Waals surface area contributed by atoms with E-state index >= 15 is 0 Å². The molecule has 0 saturated carbocycles. The monoisotopic (exact) mass is 419 g/mol. The zero-order valence-electron chi connectivity index (χ0n) is 12.8. The molecule has 1 saturated heterocycles. The minimum absolute atomic E-state index is 0. The van der Waals surface area contributed by atoms with Crippen LogP contribution in [0.1, 0.15) is 28.9 Å². The van der Waals surface area contributed by atoms with E-state index < -0.39 is 0 Å². The minimum Gasteiger partial charge on any atom is -0.348 e. The molecule has 1 fully saturated rings. The van der Waals surface area contributed by atoms with Crippen molar-refractivity contribution in [1.82, 2.24) is 15.6 Å². The molecule has 2 N–H and O–H groups in total. The third-order valence-electron chi connectivity index (χ3n) is 3.78. The standard InChI is InChI=1S/C16H18BrN3O.2ClH/c1-10-7-14(13-8-11(17)4-5-15(13)19-10)16(21)20-12-3-2-6-18-9-12;;/h4-5,7-8,12,18H,2-3,6,9H2,1H3,(H,20,21);2*1H/t12-;;/m0../s1. The van der Waals surface area contributed by atoms with E-state index in [0.717, 1.165) is 47.0 Å². The Labute approximate surface area is 156 Å². The van der Waals surface area contributed by atoms with Crippen LogP contribution in [0, 0.1) is 6.92 Å². The lowest BCUT2D eigenvalue weighted by atomic mass is 10.0. The molecule has 1 aliphatic rings. The fourth-order valence-corrected chi connectivity index (χ4v) is 3.12. The first-order chi connectivity index (χ1) is 10.1. The van der Waals surface area contributed by atoms with Crippen LogP contribution in [-0.4, -0.2) is 30.0 Å². The Morgan fingerprint density at radius 1 is 1.35 bits per heavy atom. The van der Waals surface area contributed by atoms with Gasteiger partial charge in [-0.25, -0.2) is 0 Å². The van der Waals surface area contributed by atoms with Crippen molar-refractivity contribution < 1.29 is 4.79 Å². The van der Waals surface area contributed by atoms with Gasteiger partial charge >= 0.3 is 0 Å². The fourth-order valence-electron chi connectivity index (χ4n) is 2.76. The molecule has 2 heterocycles. The topological polar surface area (TPSA) is 54.0 Å². The number of carbonyl (C=O) groups is 1. The number of aromatic nitrogens is 1. The minimum atomic E-state index is -0.0164. The number of benzene rings is 1. The van der Waals surface area contributed by atoms with E-state index in [2.05, 4.69) is 31.5 Å². The lowest BCUT2D eigenvalue weighted by Crippen LogP contribution is -2.45. The molecule has 3 rings (SSSR count). The first-order valence-corrected chi connectivity index (χ1v) is 8.01. The molecule has 1 amide bonds. The van der Waals surface area contributed by atoms with Gasteiger partial charge in [0, 0.05) is 28.1 Å². The highest BCUT2D eigenvalue weighted by molar-refractivity contribution is 9.10. The van der Waals surface area contributed by atoms with E-state index in [1.54, 1.807) is 0 Å². The number of nitrogens with one attached hydrogen (secondary N) is 2. The Balaban J connectivity index is 0.00000132. The van der Waals surface area contributed by atoms with Gasteiger partial charge in [-0.3, -0.25) is 9.78 Å². The molecule has 0 unspecified atom stereocenters. The van der Waals surface area contributed by atoms with Gasteiger partial charge in [0.05, 0.1) is 11.1 Å². The molecule has 1 aromatic heterocycles. The second-order valence-electron chi connectivity index (χ2n) is 5.49. The normalized spacial score (nSPS) is 17.0. The van der Waals surface area contributed by atoms with Crippen LogP contribution < -0.4 is 10.6 Å². The fraction of sp³-hybridized carbons (Fsp3) is 0.375. The largest absolute Gasteiger partial charge is 0.348 e. The van der Waals surface area contributed by atoms with E-state index in [4.69, 9.17) is 0 Å². The predicted octanol–water partition coefficient (Wildman–Crippen LogP) is 3.63. The second kappa shape index (κ2) is 8.83. The van der Waals surface area contributed by atoms with Crippen LogP contribution in [-0.2, 0) is 0 Å². The number of fused-ring (bicyclic) bond motifs is 1. The molecule has 4 nitrogen and oxygen atoms in total. The molecular weight excluding hydrogens is 401 g/mol. The van der Waals surface area contributed by atoms with Gasteiger partial charge in [-0.05, 0) is 50.6 Å². The third kappa shape index (κ3) is 4.80. The number of hydrogen-bond acceptors (Lipinski definition) is 3. The number of piperidine rings is 1. The van der Waals surface area contributed by atoms with Gasteiger partial charge in [0.15, 0.2) is 0 Å². The molecule has 1 aromatic carbocycles. The first-order valence-electron chi connectivity index (χ1n) is 7.22. The maximum absolute atomic E-state index is 12.6. The highest BCUT2D eigenvalue weighted by atomic mass is 79.9. The molecule has 1 atom stereocenters. The van der Waals surface area contributed by atoms with Gasteiger partial charge in [-0.15, -0.1) is 24.8 Å². The van der Waals surface area contributed by atoms with E-state index in [9.17, 15) is 4.79 Å². The van der Waals surface area contributed by atoms with Gasteiger partial charge in [0.2, 0.25) is 0 Å². The summed E-state index contributed by atoms with van der Waals surface area (Å²) in [6, 6.07) is 7.91. The zero-order valence-corrected chi connectivity index (χ0v) is 16.0. The van der Waals surface area contributed by atoms with E-state index in [0.29, 0.717) is 5.56 Å². The van der Waals surface area contributed by atoms with Crippen molar-refractivity contribution in [3.8, 4) is 0 Å². The Morgan fingerprint density at radius 3 is 2.83 bits per heavy atom. The Hall–Kier alpha value is -0.880. The Bertz CT molecular complexity index is 690. The summed E-state index contributed by atoms with van der Waals surface area (Å²) in [5.74, 6) is -0.0164. The van der Waals surface area contributed by atoms with Crippen molar-refractivity contribution in [3.63, 3.8) is 0 Å². The van der Waals surface area contributed by atoms with Crippen LogP contribution in [0.5, 0.6) is 0 Å². The highest BCUT2D eigenvalue weighted by Gasteiger charge is 2.18. The van der Waals surface area contributed by atoms with Crippen LogP contribution in [0.2, 0.25) is 0 Å². The quantitative estimate of drug-likeness (QED) is 0.779. The van der Waals surface area contributed by atoms with Crippen molar-refractivity contribution in [2.45, 2.75) is 25.8 Å². The zero-order chi connectivity index (χ0) is 14.8. The lowest BCUT2D eigenvalue weighted by molar-refractivity contribution is 0.0932. The summed E-state index contributed by atoms with van der Waals surface area (Å²) in [6.45, 7) is 3.80. The molecule has 2 aromatic rings. The number of amides is 1. The van der Waals surface area contributed by atoms with Crippen LogP contribution in [0.3, 0.4) is 0 Å². The maximum Gasteiger partial charge on any atom is 0.252 e. The first kappa shape index (κ1) is 20.2. The maximum atomic E-state index is 12.6. The van der Waals surface area contributed by atoms with Crippen molar-refractivity contribution in [2.24, 2.45) is 0 Å². The Kier molecular flexibility index (Phi) is 7.74. The molecule has 7 heteroatoms. The highest BCUT2D eigenvalue weighted by Crippen LogP contribution is 2.23. The van der Waals surface area contributed by atoms with Crippen molar-refractivity contribution in [3.05, 3.63) is 40.0 Å². The average molecular weight is 421 g/mol. The number of aryl methyl sites for hydroxylation is 1. The lowest BCUT2D eigenvalue weighted by Gasteiger charge is -2.24. The van der Waals surface area contributed by atoms with Crippen molar-refractivity contribution in [2.75, 3.05) is 13.1 Å². The summed E-state index contributed by atoms with van der Waals surface area (Å²) in [6.07, 6.45) is 2.14. The second-order valence-corrected chi connectivity index (χ2v) is 6.41. The van der Waals surface area contributed by atoms with Crippen LogP contribution in [0.25, 0.3) is 10.9 Å². The molecule has 126 valence electrons. The summed E-state index contributed by atoms with van der Waals surface area (Å²) in [4.78, 5) is 17.1. The summed E-state index contributed by atoms with van der Waals surface area (Å²) >= 11 is 3.46. The molecule has 23 heavy (non-hydrogen) atoms. The third-order valence-corrected chi connectivity index (χ3v) is 4.27. The molecule has 0 aliphatic carbocycles. The van der Waals surface area contributed by atoms with Crippen molar-refractivity contribution >= 4 is 57.6 Å². The summed E-state index contributed by atoms with van der Waals surface area (Å²) < 4.78 is 0.953. The number of halogens is 3. The van der Waals surface area contributed by atoms with E-state index in [1.807, 2.05) is 31.2 Å². The molecule has 0 radical (unpaired) electrons. The summed E-state index contributed by atoms with van der Waals surface area (Å²) in [5.41, 5.74) is 2.41. The van der Waals surface area contributed by atoms with E-state index in [-0.39, 0.29) is 36.8 Å². The molecule has 0 spiro atoms. The van der Waals surface area contributed by atoms with Gasteiger partial charge in [-0.1, -0.05) is 15.9 Å². The van der Waals surface area contributed by atoms with E-state index in [1.165, 1.54) is 0 Å². The number of carbonyl (C=O) groups excluding carboxylic acids is 1. The number of nitrogens with zero attached hydrogens (tertiary/aromatic N) is 1. The van der Waals surface area contributed by atoms with Gasteiger partial charge in [0.25, 0.3) is 5.91 Å². The van der Waals surface area contributed by atoms with Crippen molar-refractivity contribution in [1.29, 1.82) is 0 Å². The van der Waals surface area contributed by atoms with Crippen LogP contribution in [0.4, 0.5) is 0 Å². The number of hydrogen-bond donors (Lipinski definition) is 2. The summed E-state index contributed by atoms with van der Waals surface area (Å²) in [7, 11) is 0. The number of pyridine rings is 1. The predicted molar refractivity (Wildman–Crippen MR) is 102 cm³/mol. The molecule has 0 bridgehead atoms. The smallest absolute Gasteiger partial charge is 0.252 e. The Morgan fingerprint density at radius 2 is 2.13 bits per heavy atom. The average Bonchev–Trinajstić information content (AvgIpc) is 2.48.